The van der Waals surface area contributed by atoms with Crippen LogP contribution < -0.4 is 10.2 Å². The zero-order valence-corrected chi connectivity index (χ0v) is 14.3. The van der Waals surface area contributed by atoms with Gasteiger partial charge in [-0.1, -0.05) is 5.16 Å². The first-order valence-corrected chi connectivity index (χ1v) is 8.36. The third-order valence-electron chi connectivity index (χ3n) is 4.59. The van der Waals surface area contributed by atoms with Gasteiger partial charge in [0.15, 0.2) is 0 Å². The summed E-state index contributed by atoms with van der Waals surface area (Å²) in [5.74, 6) is -0.118. The average Bonchev–Trinajstić information content (AvgIpc) is 3.21. The number of amides is 1. The van der Waals surface area contributed by atoms with Crippen molar-refractivity contribution in [2.24, 2.45) is 7.05 Å². The number of hydrogen-bond acceptors (Lipinski definition) is 6. The van der Waals surface area contributed by atoms with E-state index in [0.29, 0.717) is 11.3 Å². The third kappa shape index (κ3) is 3.07. The second-order valence-corrected chi connectivity index (χ2v) is 6.48. The lowest BCUT2D eigenvalue weighted by atomic mass is 10.0. The molecule has 0 radical (unpaired) electrons. The van der Waals surface area contributed by atoms with Gasteiger partial charge in [0.25, 0.3) is 11.6 Å². The van der Waals surface area contributed by atoms with Gasteiger partial charge in [-0.3, -0.25) is 9.48 Å². The Morgan fingerprint density at radius 2 is 2.28 bits per heavy atom. The molecule has 0 saturated carbocycles. The van der Waals surface area contributed by atoms with Gasteiger partial charge in [-0.05, 0) is 25.8 Å². The molecule has 3 aromatic rings. The first-order chi connectivity index (χ1) is 12.1. The lowest BCUT2D eigenvalue weighted by molar-refractivity contribution is 0.0933. The zero-order valence-electron chi connectivity index (χ0n) is 14.3. The number of aromatic nitrogens is 4. The second-order valence-electron chi connectivity index (χ2n) is 6.48. The SMILES string of the molecule is Cc1noc2ncc(C(=O)N[C@@H]3CCCN(c4cnn(C)c4)C3)cc12. The number of carbonyl (C=O) groups excluding carboxylic acids is 1. The molecule has 1 fully saturated rings. The van der Waals surface area contributed by atoms with E-state index in [1.54, 1.807) is 10.7 Å². The summed E-state index contributed by atoms with van der Waals surface area (Å²) in [6, 6.07) is 1.88. The van der Waals surface area contributed by atoms with Crippen LogP contribution in [0.4, 0.5) is 5.69 Å². The number of piperidine rings is 1. The first kappa shape index (κ1) is 15.6. The van der Waals surface area contributed by atoms with Crippen LogP contribution in [0.15, 0.2) is 29.2 Å². The fraction of sp³-hybridized carbons (Fsp3) is 0.412. The van der Waals surface area contributed by atoms with Crippen molar-refractivity contribution in [2.75, 3.05) is 18.0 Å². The predicted molar refractivity (Wildman–Crippen MR) is 92.5 cm³/mol. The molecule has 0 unspecified atom stereocenters. The zero-order chi connectivity index (χ0) is 17.4. The molecule has 3 aromatic heterocycles. The Morgan fingerprint density at radius 1 is 1.40 bits per heavy atom. The van der Waals surface area contributed by atoms with E-state index < -0.39 is 0 Å². The largest absolute Gasteiger partial charge is 0.367 e. The van der Waals surface area contributed by atoms with Crippen LogP contribution >= 0.6 is 0 Å². The lowest BCUT2D eigenvalue weighted by Gasteiger charge is -2.33. The Kier molecular flexibility index (Phi) is 3.87. The molecule has 1 aliphatic heterocycles. The van der Waals surface area contributed by atoms with Crippen molar-refractivity contribution < 1.29 is 9.32 Å². The Hall–Kier alpha value is -2.90. The molecule has 0 aliphatic carbocycles. The summed E-state index contributed by atoms with van der Waals surface area (Å²) < 4.78 is 6.88. The van der Waals surface area contributed by atoms with Crippen molar-refractivity contribution in [1.29, 1.82) is 0 Å². The molecule has 1 atom stereocenters. The molecule has 25 heavy (non-hydrogen) atoms. The van der Waals surface area contributed by atoms with Crippen LogP contribution in [-0.2, 0) is 7.05 Å². The fourth-order valence-electron chi connectivity index (χ4n) is 3.24. The van der Waals surface area contributed by atoms with Crippen molar-refractivity contribution in [3.05, 3.63) is 35.9 Å². The topological polar surface area (TPSA) is 89.1 Å². The maximum atomic E-state index is 12.6. The van der Waals surface area contributed by atoms with Crippen molar-refractivity contribution in [3.63, 3.8) is 0 Å². The number of aryl methyl sites for hydroxylation is 2. The Balaban J connectivity index is 1.46. The van der Waals surface area contributed by atoms with Crippen molar-refractivity contribution in [2.45, 2.75) is 25.8 Å². The van der Waals surface area contributed by atoms with E-state index in [0.717, 1.165) is 42.7 Å². The van der Waals surface area contributed by atoms with Crippen molar-refractivity contribution >= 4 is 22.7 Å². The Labute approximate surface area is 144 Å². The molecule has 0 aromatic carbocycles. The minimum absolute atomic E-state index is 0.0979. The highest BCUT2D eigenvalue weighted by molar-refractivity contribution is 5.97. The second kappa shape index (κ2) is 6.19. The highest BCUT2D eigenvalue weighted by atomic mass is 16.5. The summed E-state index contributed by atoms with van der Waals surface area (Å²) in [4.78, 5) is 19.0. The van der Waals surface area contributed by atoms with E-state index in [2.05, 4.69) is 25.5 Å². The number of rotatable bonds is 3. The maximum absolute atomic E-state index is 12.6. The molecule has 8 heteroatoms. The van der Waals surface area contributed by atoms with Gasteiger partial charge < -0.3 is 14.7 Å². The van der Waals surface area contributed by atoms with Crippen LogP contribution in [0.2, 0.25) is 0 Å². The number of carbonyl (C=O) groups is 1. The summed E-state index contributed by atoms with van der Waals surface area (Å²) in [5.41, 5.74) is 2.80. The van der Waals surface area contributed by atoms with E-state index in [9.17, 15) is 4.79 Å². The minimum Gasteiger partial charge on any atom is -0.367 e. The standard InChI is InChI=1S/C17H20N6O2/c1-11-15-6-12(7-18-17(15)25-21-11)16(24)20-13-4-3-5-23(9-13)14-8-19-22(2)10-14/h6-8,10,13H,3-5,9H2,1-2H3,(H,20,24)/t13-/m1/s1. The summed E-state index contributed by atoms with van der Waals surface area (Å²) in [5, 5.41) is 12.0. The third-order valence-corrected chi connectivity index (χ3v) is 4.59. The fourth-order valence-corrected chi connectivity index (χ4v) is 3.24. The van der Waals surface area contributed by atoms with E-state index >= 15 is 0 Å². The van der Waals surface area contributed by atoms with E-state index in [-0.39, 0.29) is 11.9 Å². The molecule has 1 aliphatic rings. The molecule has 130 valence electrons. The normalized spacial score (nSPS) is 17.8. The Morgan fingerprint density at radius 3 is 3.08 bits per heavy atom. The smallest absolute Gasteiger partial charge is 0.257 e. The molecule has 4 rings (SSSR count). The minimum atomic E-state index is -0.118. The summed E-state index contributed by atoms with van der Waals surface area (Å²) in [6.07, 6.45) is 7.38. The molecule has 4 heterocycles. The van der Waals surface area contributed by atoms with E-state index in [1.165, 1.54) is 6.20 Å². The monoisotopic (exact) mass is 340 g/mol. The Bertz CT molecular complexity index is 915. The number of hydrogen-bond donors (Lipinski definition) is 1. The first-order valence-electron chi connectivity index (χ1n) is 8.36. The molecular formula is C17H20N6O2. The lowest BCUT2D eigenvalue weighted by Crippen LogP contribution is -2.47. The average molecular weight is 340 g/mol. The number of pyridine rings is 1. The maximum Gasteiger partial charge on any atom is 0.257 e. The van der Waals surface area contributed by atoms with Crippen molar-refractivity contribution in [3.8, 4) is 0 Å². The summed E-state index contributed by atoms with van der Waals surface area (Å²) in [7, 11) is 1.91. The van der Waals surface area contributed by atoms with Crippen LogP contribution in [0.5, 0.6) is 0 Å². The quantitative estimate of drug-likeness (QED) is 0.780. The molecule has 0 bridgehead atoms. The number of nitrogens with one attached hydrogen (secondary N) is 1. The molecule has 1 saturated heterocycles. The number of nitrogens with zero attached hydrogens (tertiary/aromatic N) is 5. The van der Waals surface area contributed by atoms with Gasteiger partial charge in [0, 0.05) is 38.6 Å². The predicted octanol–water partition coefficient (Wildman–Crippen LogP) is 1.66. The van der Waals surface area contributed by atoms with Crippen LogP contribution in [-0.4, -0.2) is 45.0 Å². The molecule has 8 nitrogen and oxygen atoms in total. The van der Waals surface area contributed by atoms with E-state index in [4.69, 9.17) is 4.52 Å². The van der Waals surface area contributed by atoms with Gasteiger partial charge in [-0.2, -0.15) is 5.10 Å². The molecular weight excluding hydrogens is 320 g/mol. The number of anilines is 1. The highest BCUT2D eigenvalue weighted by Gasteiger charge is 2.23. The highest BCUT2D eigenvalue weighted by Crippen LogP contribution is 2.20. The van der Waals surface area contributed by atoms with Crippen LogP contribution in [0.1, 0.15) is 28.9 Å². The molecule has 1 amide bonds. The molecule has 0 spiro atoms. The van der Waals surface area contributed by atoms with Gasteiger partial charge in [-0.25, -0.2) is 4.98 Å². The summed E-state index contributed by atoms with van der Waals surface area (Å²) in [6.45, 7) is 3.59. The van der Waals surface area contributed by atoms with Gasteiger partial charge in [-0.15, -0.1) is 0 Å². The van der Waals surface area contributed by atoms with Gasteiger partial charge >= 0.3 is 0 Å². The van der Waals surface area contributed by atoms with Gasteiger partial charge in [0.1, 0.15) is 0 Å². The number of fused-ring (bicyclic) bond motifs is 1. The van der Waals surface area contributed by atoms with Crippen LogP contribution in [0.25, 0.3) is 11.1 Å². The van der Waals surface area contributed by atoms with Crippen molar-refractivity contribution in [1.82, 2.24) is 25.2 Å². The van der Waals surface area contributed by atoms with Crippen LogP contribution in [0.3, 0.4) is 0 Å². The van der Waals surface area contributed by atoms with E-state index in [1.807, 2.05) is 26.4 Å². The summed E-state index contributed by atoms with van der Waals surface area (Å²) >= 11 is 0. The van der Waals surface area contributed by atoms with Crippen LogP contribution in [0, 0.1) is 6.92 Å². The van der Waals surface area contributed by atoms with Gasteiger partial charge in [0.05, 0.1) is 28.5 Å². The van der Waals surface area contributed by atoms with Gasteiger partial charge in [0.2, 0.25) is 0 Å². The molecule has 1 N–H and O–H groups in total.